The van der Waals surface area contributed by atoms with Gasteiger partial charge in [-0.2, -0.15) is 0 Å². The van der Waals surface area contributed by atoms with Gasteiger partial charge in [0.15, 0.2) is 0 Å². The first kappa shape index (κ1) is 11.9. The third-order valence-electron chi connectivity index (χ3n) is 4.09. The molecule has 0 spiro atoms. The van der Waals surface area contributed by atoms with Gasteiger partial charge >= 0.3 is 0 Å². The molecule has 1 heterocycles. The van der Waals surface area contributed by atoms with E-state index < -0.39 is 0 Å². The first-order valence-electron chi connectivity index (χ1n) is 6.34. The Labute approximate surface area is 97.3 Å². The zero-order valence-corrected chi connectivity index (χ0v) is 10.1. The summed E-state index contributed by atoms with van der Waals surface area (Å²) in [6.07, 6.45) is 5.11. The average Bonchev–Trinajstić information content (AvgIpc) is 2.63. The summed E-state index contributed by atoms with van der Waals surface area (Å²) in [7, 11) is 0. The molecule has 1 amide bonds. The smallest absolute Gasteiger partial charge is 0.227 e. The molecule has 1 aliphatic heterocycles. The minimum Gasteiger partial charge on any atom is -0.341 e. The van der Waals surface area contributed by atoms with Crippen molar-refractivity contribution in [2.45, 2.75) is 50.6 Å². The Morgan fingerprint density at radius 2 is 2.12 bits per heavy atom. The van der Waals surface area contributed by atoms with Crippen molar-refractivity contribution < 1.29 is 4.79 Å². The van der Waals surface area contributed by atoms with Crippen LogP contribution in [-0.2, 0) is 4.79 Å². The second-order valence-electron chi connectivity index (χ2n) is 5.64. The number of hydrogen-bond donors (Lipinski definition) is 2. The van der Waals surface area contributed by atoms with E-state index in [-0.39, 0.29) is 23.4 Å². The molecule has 2 unspecified atom stereocenters. The van der Waals surface area contributed by atoms with Gasteiger partial charge in [-0.25, -0.2) is 0 Å². The number of carbonyl (C=O) groups excluding carboxylic acids is 1. The van der Waals surface area contributed by atoms with Crippen LogP contribution >= 0.6 is 0 Å². The Balaban J connectivity index is 2.03. The molecule has 1 aliphatic carbocycles. The number of carbonyl (C=O) groups is 1. The van der Waals surface area contributed by atoms with Gasteiger partial charge in [0, 0.05) is 24.7 Å². The summed E-state index contributed by atoms with van der Waals surface area (Å²) < 4.78 is 0. The third kappa shape index (κ3) is 2.23. The van der Waals surface area contributed by atoms with Gasteiger partial charge in [-0.05, 0) is 26.2 Å². The summed E-state index contributed by atoms with van der Waals surface area (Å²) in [4.78, 5) is 14.3. The van der Waals surface area contributed by atoms with Crippen LogP contribution in [-0.4, -0.2) is 35.5 Å². The van der Waals surface area contributed by atoms with Crippen molar-refractivity contribution in [3.05, 3.63) is 0 Å². The van der Waals surface area contributed by atoms with Gasteiger partial charge in [-0.3, -0.25) is 4.79 Å². The molecular weight excluding hydrogens is 202 g/mol. The highest BCUT2D eigenvalue weighted by Crippen LogP contribution is 2.33. The number of likely N-dealkylation sites (tertiary alicyclic amines) is 1. The summed E-state index contributed by atoms with van der Waals surface area (Å²) in [5.41, 5.74) is 11.8. The topological polar surface area (TPSA) is 72.4 Å². The molecule has 16 heavy (non-hydrogen) atoms. The second kappa shape index (κ2) is 4.34. The third-order valence-corrected chi connectivity index (χ3v) is 4.09. The van der Waals surface area contributed by atoms with E-state index >= 15 is 0 Å². The van der Waals surface area contributed by atoms with E-state index in [0.717, 1.165) is 38.6 Å². The molecule has 0 aromatic carbocycles. The first-order chi connectivity index (χ1) is 7.50. The zero-order valence-electron chi connectivity index (χ0n) is 10.1. The van der Waals surface area contributed by atoms with Gasteiger partial charge in [0.2, 0.25) is 5.91 Å². The van der Waals surface area contributed by atoms with Crippen LogP contribution in [0.5, 0.6) is 0 Å². The fourth-order valence-electron chi connectivity index (χ4n) is 2.97. The summed E-state index contributed by atoms with van der Waals surface area (Å²) in [6, 6.07) is 0.163. The van der Waals surface area contributed by atoms with Crippen LogP contribution in [0.4, 0.5) is 0 Å². The van der Waals surface area contributed by atoms with Crippen LogP contribution in [0.1, 0.15) is 39.0 Å². The molecule has 3 atom stereocenters. The van der Waals surface area contributed by atoms with Gasteiger partial charge in [-0.15, -0.1) is 0 Å². The van der Waals surface area contributed by atoms with Crippen molar-refractivity contribution >= 4 is 5.91 Å². The Morgan fingerprint density at radius 1 is 1.38 bits per heavy atom. The van der Waals surface area contributed by atoms with Gasteiger partial charge < -0.3 is 16.4 Å². The molecule has 0 aromatic heterocycles. The predicted octanol–water partition coefficient (Wildman–Crippen LogP) is 0.454. The van der Waals surface area contributed by atoms with Crippen molar-refractivity contribution in [1.82, 2.24) is 4.90 Å². The molecule has 0 radical (unpaired) electrons. The lowest BCUT2D eigenvalue weighted by atomic mass is 9.74. The number of nitrogens with zero attached hydrogens (tertiary/aromatic N) is 1. The van der Waals surface area contributed by atoms with Crippen molar-refractivity contribution in [3.8, 4) is 0 Å². The molecule has 2 aliphatic rings. The maximum atomic E-state index is 12.4. The van der Waals surface area contributed by atoms with Crippen LogP contribution in [0.3, 0.4) is 0 Å². The number of amides is 1. The quantitative estimate of drug-likeness (QED) is 0.680. The minimum absolute atomic E-state index is 0.00606. The molecule has 1 saturated carbocycles. The van der Waals surface area contributed by atoms with Crippen LogP contribution in [0.25, 0.3) is 0 Å². The molecule has 0 bridgehead atoms. The highest BCUT2D eigenvalue weighted by Gasteiger charge is 2.40. The van der Waals surface area contributed by atoms with Crippen LogP contribution in [0, 0.1) is 5.92 Å². The summed E-state index contributed by atoms with van der Waals surface area (Å²) in [5, 5.41) is 0. The van der Waals surface area contributed by atoms with Crippen LogP contribution in [0.2, 0.25) is 0 Å². The van der Waals surface area contributed by atoms with Crippen molar-refractivity contribution in [1.29, 1.82) is 0 Å². The van der Waals surface area contributed by atoms with E-state index in [1.54, 1.807) is 0 Å². The lowest BCUT2D eigenvalue weighted by Gasteiger charge is -2.39. The second-order valence-corrected chi connectivity index (χ2v) is 5.64. The van der Waals surface area contributed by atoms with E-state index in [2.05, 4.69) is 0 Å². The van der Waals surface area contributed by atoms with Crippen molar-refractivity contribution in [2.24, 2.45) is 17.4 Å². The maximum absolute atomic E-state index is 12.4. The first-order valence-corrected chi connectivity index (χ1v) is 6.34. The minimum atomic E-state index is -0.317. The van der Waals surface area contributed by atoms with E-state index in [9.17, 15) is 4.79 Å². The van der Waals surface area contributed by atoms with Gasteiger partial charge in [0.05, 0.1) is 5.92 Å². The van der Waals surface area contributed by atoms with E-state index in [1.165, 1.54) is 0 Å². The highest BCUT2D eigenvalue weighted by molar-refractivity contribution is 5.80. The molecule has 4 heteroatoms. The number of nitrogens with two attached hydrogens (primary N) is 2. The molecular formula is C12H23N3O. The average molecular weight is 225 g/mol. The van der Waals surface area contributed by atoms with Crippen LogP contribution in [0.15, 0.2) is 0 Å². The fourth-order valence-corrected chi connectivity index (χ4v) is 2.97. The van der Waals surface area contributed by atoms with Gasteiger partial charge in [-0.1, -0.05) is 12.8 Å². The van der Waals surface area contributed by atoms with E-state index in [0.29, 0.717) is 6.54 Å². The molecule has 2 fully saturated rings. The lowest BCUT2D eigenvalue weighted by molar-refractivity contribution is -0.137. The summed E-state index contributed by atoms with van der Waals surface area (Å²) in [5.74, 6) is 0.240. The van der Waals surface area contributed by atoms with Gasteiger partial charge in [0.1, 0.15) is 0 Å². The Bertz CT molecular complexity index is 277. The van der Waals surface area contributed by atoms with Crippen molar-refractivity contribution in [2.75, 3.05) is 13.1 Å². The van der Waals surface area contributed by atoms with E-state index in [1.807, 2.05) is 11.8 Å². The summed E-state index contributed by atoms with van der Waals surface area (Å²) in [6.45, 7) is 3.54. The molecule has 4 nitrogen and oxygen atoms in total. The predicted molar refractivity (Wildman–Crippen MR) is 63.7 cm³/mol. The normalized spacial score (nSPS) is 40.1. The SMILES string of the molecule is CC1(N)CCCCC1C(=O)N1CC[C@@H](N)C1. The van der Waals surface area contributed by atoms with Crippen molar-refractivity contribution in [3.63, 3.8) is 0 Å². The standard InChI is InChI=1S/C12H23N3O/c1-12(14)6-3-2-4-10(12)11(16)15-7-5-9(13)8-15/h9-10H,2-8,13-14H2,1H3/t9-,10?,12?/m1/s1. The molecule has 1 saturated heterocycles. The summed E-state index contributed by atoms with van der Waals surface area (Å²) >= 11 is 0. The molecule has 0 aromatic rings. The van der Waals surface area contributed by atoms with Crippen LogP contribution < -0.4 is 11.5 Å². The fraction of sp³-hybridized carbons (Fsp3) is 0.917. The lowest BCUT2D eigenvalue weighted by Crippen LogP contribution is -2.53. The Kier molecular flexibility index (Phi) is 3.22. The molecule has 4 N–H and O–H groups in total. The molecule has 2 rings (SSSR count). The Morgan fingerprint density at radius 3 is 2.69 bits per heavy atom. The largest absolute Gasteiger partial charge is 0.341 e. The zero-order chi connectivity index (χ0) is 11.8. The molecule has 92 valence electrons. The monoisotopic (exact) mass is 225 g/mol. The van der Waals surface area contributed by atoms with Gasteiger partial charge in [0.25, 0.3) is 0 Å². The Hall–Kier alpha value is -0.610. The number of hydrogen-bond acceptors (Lipinski definition) is 3. The number of rotatable bonds is 1. The maximum Gasteiger partial charge on any atom is 0.227 e. The van der Waals surface area contributed by atoms with E-state index in [4.69, 9.17) is 11.5 Å². The highest BCUT2D eigenvalue weighted by atomic mass is 16.2.